The van der Waals surface area contributed by atoms with Crippen LogP contribution in [0, 0.1) is 0 Å². The lowest BCUT2D eigenvalue weighted by Gasteiger charge is -2.05. The quantitative estimate of drug-likeness (QED) is 0.664. The van der Waals surface area contributed by atoms with Crippen molar-refractivity contribution >= 4 is 53.7 Å². The van der Waals surface area contributed by atoms with Crippen molar-refractivity contribution < 1.29 is 9.59 Å². The molecule has 2 heterocycles. The van der Waals surface area contributed by atoms with Gasteiger partial charge >= 0.3 is 0 Å². The summed E-state index contributed by atoms with van der Waals surface area (Å²) in [5.74, 6) is -0.454. The molecule has 0 saturated heterocycles. The first-order valence-corrected chi connectivity index (χ1v) is 7.69. The van der Waals surface area contributed by atoms with E-state index in [1.54, 1.807) is 29.9 Å². The Morgan fingerprint density at radius 3 is 2.58 bits per heavy atom. The fraction of sp³-hybridized carbons (Fsp3) is 0.286. The molecule has 0 aliphatic heterocycles. The minimum atomic E-state index is -0.281. The van der Waals surface area contributed by atoms with Gasteiger partial charge in [-0.25, -0.2) is 4.98 Å². The maximum atomic E-state index is 11.9. The second-order valence-electron chi connectivity index (χ2n) is 4.46. The van der Waals surface area contributed by atoms with E-state index in [1.165, 1.54) is 11.3 Å². The largest absolute Gasteiger partial charge is 0.350 e. The van der Waals surface area contributed by atoms with Crippen LogP contribution in [0.3, 0.4) is 0 Å². The zero-order valence-corrected chi connectivity index (χ0v) is 15.2. The van der Waals surface area contributed by atoms with Crippen LogP contribution in [0.15, 0.2) is 29.9 Å². The zero-order chi connectivity index (χ0) is 15.8. The Kier molecular flexibility index (Phi) is 10.9. The molecule has 0 radical (unpaired) electrons. The number of pyridine rings is 1. The minimum absolute atomic E-state index is 0. The predicted molar refractivity (Wildman–Crippen MR) is 99.2 cm³/mol. The molecular weight excluding hydrogens is 373 g/mol. The molecule has 0 aromatic carbocycles. The van der Waals surface area contributed by atoms with E-state index in [1.807, 2.05) is 0 Å². The molecule has 4 N–H and O–H groups in total. The Bertz CT molecular complexity index is 639. The number of amides is 2. The second-order valence-corrected chi connectivity index (χ2v) is 5.40. The smallest absolute Gasteiger partial charge is 0.270 e. The average molecular weight is 392 g/mol. The molecule has 2 rings (SSSR count). The first-order chi connectivity index (χ1) is 10.7. The SMILES string of the molecule is Cl.Cl.NCCc1nc(C(=O)NCCC(=O)Nc2ccncc2)cs1. The number of nitrogens with two attached hydrogens (primary N) is 1. The van der Waals surface area contributed by atoms with Crippen molar-refractivity contribution in [3.63, 3.8) is 0 Å². The number of rotatable bonds is 7. The Morgan fingerprint density at radius 1 is 1.21 bits per heavy atom. The number of nitrogens with one attached hydrogen (secondary N) is 2. The van der Waals surface area contributed by atoms with E-state index >= 15 is 0 Å². The van der Waals surface area contributed by atoms with Crippen LogP contribution in [0.25, 0.3) is 0 Å². The van der Waals surface area contributed by atoms with E-state index in [0.29, 0.717) is 24.3 Å². The number of halogens is 2. The zero-order valence-electron chi connectivity index (χ0n) is 12.7. The number of nitrogens with zero attached hydrogens (tertiary/aromatic N) is 2. The van der Waals surface area contributed by atoms with Crippen molar-refractivity contribution in [2.24, 2.45) is 5.73 Å². The Hall–Kier alpha value is -1.74. The highest BCUT2D eigenvalue weighted by Gasteiger charge is 2.10. The van der Waals surface area contributed by atoms with Gasteiger partial charge in [-0.2, -0.15) is 0 Å². The number of carbonyl (C=O) groups is 2. The van der Waals surface area contributed by atoms with Crippen molar-refractivity contribution in [3.05, 3.63) is 40.6 Å². The summed E-state index contributed by atoms with van der Waals surface area (Å²) in [5, 5.41) is 7.92. The van der Waals surface area contributed by atoms with Crippen LogP contribution >= 0.6 is 36.2 Å². The van der Waals surface area contributed by atoms with E-state index in [0.717, 1.165) is 5.01 Å². The van der Waals surface area contributed by atoms with Gasteiger partial charge in [-0.05, 0) is 18.7 Å². The summed E-state index contributed by atoms with van der Waals surface area (Å²) in [4.78, 5) is 31.6. The van der Waals surface area contributed by atoms with Gasteiger partial charge in [-0.15, -0.1) is 36.2 Å². The highest BCUT2D eigenvalue weighted by atomic mass is 35.5. The van der Waals surface area contributed by atoms with E-state index in [2.05, 4.69) is 20.6 Å². The van der Waals surface area contributed by atoms with Crippen LogP contribution in [-0.4, -0.2) is 34.9 Å². The molecule has 2 aromatic rings. The Labute approximate surface area is 156 Å². The molecule has 0 saturated carbocycles. The molecule has 2 aromatic heterocycles. The maximum Gasteiger partial charge on any atom is 0.270 e. The highest BCUT2D eigenvalue weighted by molar-refractivity contribution is 7.09. The molecule has 0 spiro atoms. The molecular formula is C14H19Cl2N5O2S. The minimum Gasteiger partial charge on any atom is -0.350 e. The van der Waals surface area contributed by atoms with Crippen molar-refractivity contribution in [1.82, 2.24) is 15.3 Å². The van der Waals surface area contributed by atoms with Gasteiger partial charge in [-0.3, -0.25) is 14.6 Å². The third-order valence-electron chi connectivity index (χ3n) is 2.74. The van der Waals surface area contributed by atoms with Crippen LogP contribution in [0.5, 0.6) is 0 Å². The normalized spacial score (nSPS) is 9.38. The van der Waals surface area contributed by atoms with Crippen LogP contribution in [0.1, 0.15) is 21.9 Å². The summed E-state index contributed by atoms with van der Waals surface area (Å²) in [6.07, 6.45) is 4.04. The number of hydrogen-bond donors (Lipinski definition) is 3. The number of thiazole rings is 1. The fourth-order valence-electron chi connectivity index (χ4n) is 1.69. The van der Waals surface area contributed by atoms with E-state index in [9.17, 15) is 9.59 Å². The van der Waals surface area contributed by atoms with Crippen LogP contribution < -0.4 is 16.4 Å². The maximum absolute atomic E-state index is 11.9. The Balaban J connectivity index is 0.00000264. The molecule has 0 unspecified atom stereocenters. The number of aromatic nitrogens is 2. The van der Waals surface area contributed by atoms with Gasteiger partial charge in [0.25, 0.3) is 5.91 Å². The molecule has 0 atom stereocenters. The summed E-state index contributed by atoms with van der Waals surface area (Å²) < 4.78 is 0. The summed E-state index contributed by atoms with van der Waals surface area (Å²) in [5.41, 5.74) is 6.48. The number of hydrogen-bond acceptors (Lipinski definition) is 6. The average Bonchev–Trinajstić information content (AvgIpc) is 2.97. The standard InChI is InChI=1S/C14H17N5O2S.2ClH/c15-5-1-13-19-11(9-22-13)14(21)17-8-4-12(20)18-10-2-6-16-7-3-10;;/h2-3,6-7,9H,1,4-5,8,15H2,(H,17,21)(H,16,18,20);2*1H. The van der Waals surface area contributed by atoms with Gasteiger partial charge in [0.1, 0.15) is 5.69 Å². The summed E-state index contributed by atoms with van der Waals surface area (Å²) in [6, 6.07) is 3.40. The molecule has 0 aliphatic rings. The summed E-state index contributed by atoms with van der Waals surface area (Å²) >= 11 is 1.41. The second kappa shape index (κ2) is 11.7. The summed E-state index contributed by atoms with van der Waals surface area (Å²) in [6.45, 7) is 0.753. The van der Waals surface area contributed by atoms with Gasteiger partial charge in [-0.1, -0.05) is 0 Å². The molecule has 0 bridgehead atoms. The monoisotopic (exact) mass is 391 g/mol. The van der Waals surface area contributed by atoms with Crippen molar-refractivity contribution in [2.45, 2.75) is 12.8 Å². The van der Waals surface area contributed by atoms with Crippen LogP contribution in [0.2, 0.25) is 0 Å². The van der Waals surface area contributed by atoms with Crippen LogP contribution in [-0.2, 0) is 11.2 Å². The molecule has 132 valence electrons. The third kappa shape index (κ3) is 7.22. The summed E-state index contributed by atoms with van der Waals surface area (Å²) in [7, 11) is 0. The molecule has 2 amide bonds. The topological polar surface area (TPSA) is 110 Å². The lowest BCUT2D eigenvalue weighted by molar-refractivity contribution is -0.116. The molecule has 0 aliphatic carbocycles. The lowest BCUT2D eigenvalue weighted by Crippen LogP contribution is -2.28. The number of carbonyl (C=O) groups excluding carboxylic acids is 2. The van der Waals surface area contributed by atoms with E-state index in [-0.39, 0.29) is 49.6 Å². The number of anilines is 1. The molecule has 7 nitrogen and oxygen atoms in total. The van der Waals surface area contributed by atoms with E-state index < -0.39 is 0 Å². The van der Waals surface area contributed by atoms with E-state index in [4.69, 9.17) is 5.73 Å². The van der Waals surface area contributed by atoms with Crippen LogP contribution in [0.4, 0.5) is 5.69 Å². The van der Waals surface area contributed by atoms with Crippen molar-refractivity contribution in [3.8, 4) is 0 Å². The lowest BCUT2D eigenvalue weighted by atomic mass is 10.3. The van der Waals surface area contributed by atoms with Gasteiger partial charge in [0.05, 0.1) is 5.01 Å². The van der Waals surface area contributed by atoms with Gasteiger partial charge < -0.3 is 16.4 Å². The van der Waals surface area contributed by atoms with Crippen molar-refractivity contribution in [1.29, 1.82) is 0 Å². The first kappa shape index (κ1) is 22.3. The van der Waals surface area contributed by atoms with Gasteiger partial charge in [0.15, 0.2) is 0 Å². The van der Waals surface area contributed by atoms with Gasteiger partial charge in [0.2, 0.25) is 5.91 Å². The third-order valence-corrected chi connectivity index (χ3v) is 3.65. The van der Waals surface area contributed by atoms with Crippen molar-refractivity contribution in [2.75, 3.05) is 18.4 Å². The molecule has 10 heteroatoms. The highest BCUT2D eigenvalue weighted by Crippen LogP contribution is 2.09. The Morgan fingerprint density at radius 2 is 1.92 bits per heavy atom. The molecule has 0 fully saturated rings. The van der Waals surface area contributed by atoms with Gasteiger partial charge in [0, 0.05) is 42.8 Å². The fourth-order valence-corrected chi connectivity index (χ4v) is 2.49. The predicted octanol–water partition coefficient (Wildman–Crippen LogP) is 1.64. The molecule has 24 heavy (non-hydrogen) atoms. The first-order valence-electron chi connectivity index (χ1n) is 6.81.